The van der Waals surface area contributed by atoms with E-state index in [1.54, 1.807) is 0 Å². The minimum atomic E-state index is -0.257. The standard InChI is InChI=1S/C31H45N3O3/c1-24-7-8-30(32-22-24)33-28-9-15-34(16-10-28)17-13-31(11-5-4-6-12-31)14-18-36-29-20-25(2)19-27(21-29)23-37-26(3)35/h7-8,19-22,28H,4-6,9-18,23H2,1-3H3,(H,32,33). The highest BCUT2D eigenvalue weighted by Crippen LogP contribution is 2.42. The van der Waals surface area contributed by atoms with Crippen LogP contribution in [0.15, 0.2) is 36.5 Å². The quantitative estimate of drug-likeness (QED) is 0.353. The van der Waals surface area contributed by atoms with E-state index < -0.39 is 0 Å². The summed E-state index contributed by atoms with van der Waals surface area (Å²) in [5.74, 6) is 1.62. The average Bonchev–Trinajstić information content (AvgIpc) is 2.89. The smallest absolute Gasteiger partial charge is 0.302 e. The fraction of sp³-hybridized carbons (Fsp3) is 0.613. The van der Waals surface area contributed by atoms with Crippen LogP contribution in [0, 0.1) is 19.3 Å². The van der Waals surface area contributed by atoms with Crippen LogP contribution in [0.2, 0.25) is 0 Å². The summed E-state index contributed by atoms with van der Waals surface area (Å²) in [4.78, 5) is 18.4. The molecule has 37 heavy (non-hydrogen) atoms. The molecule has 2 fully saturated rings. The summed E-state index contributed by atoms with van der Waals surface area (Å²) >= 11 is 0. The van der Waals surface area contributed by atoms with Crippen molar-refractivity contribution in [3.8, 4) is 5.75 Å². The molecule has 0 radical (unpaired) electrons. The fourth-order valence-electron chi connectivity index (χ4n) is 5.95. The van der Waals surface area contributed by atoms with Gasteiger partial charge < -0.3 is 19.7 Å². The highest BCUT2D eigenvalue weighted by molar-refractivity contribution is 5.65. The van der Waals surface area contributed by atoms with E-state index in [9.17, 15) is 4.79 Å². The van der Waals surface area contributed by atoms with E-state index in [-0.39, 0.29) is 5.97 Å². The summed E-state index contributed by atoms with van der Waals surface area (Å²) in [6, 6.07) is 10.9. The van der Waals surface area contributed by atoms with Crippen LogP contribution in [0.3, 0.4) is 0 Å². The zero-order valence-electron chi connectivity index (χ0n) is 23.1. The highest BCUT2D eigenvalue weighted by atomic mass is 16.5. The van der Waals surface area contributed by atoms with Crippen LogP contribution in [-0.4, -0.2) is 48.1 Å². The molecular weight excluding hydrogens is 462 g/mol. The number of hydrogen-bond acceptors (Lipinski definition) is 6. The number of carbonyl (C=O) groups excluding carboxylic acids is 1. The summed E-state index contributed by atoms with van der Waals surface area (Å²) in [5.41, 5.74) is 3.70. The Labute approximate surface area is 223 Å². The van der Waals surface area contributed by atoms with Gasteiger partial charge in [0.1, 0.15) is 18.2 Å². The van der Waals surface area contributed by atoms with Crippen LogP contribution >= 0.6 is 0 Å². The van der Waals surface area contributed by atoms with Crippen LogP contribution in [-0.2, 0) is 16.1 Å². The van der Waals surface area contributed by atoms with Gasteiger partial charge in [-0.3, -0.25) is 4.79 Å². The molecule has 0 spiro atoms. The van der Waals surface area contributed by atoms with Crippen molar-refractivity contribution < 1.29 is 14.3 Å². The number of hydrogen-bond donors (Lipinski definition) is 1. The number of esters is 1. The molecule has 0 unspecified atom stereocenters. The lowest BCUT2D eigenvalue weighted by atomic mass is 9.69. The van der Waals surface area contributed by atoms with Crippen molar-refractivity contribution in [3.63, 3.8) is 0 Å². The van der Waals surface area contributed by atoms with Gasteiger partial charge in [-0.1, -0.05) is 31.4 Å². The molecule has 2 aliphatic rings. The maximum Gasteiger partial charge on any atom is 0.302 e. The monoisotopic (exact) mass is 507 g/mol. The number of likely N-dealkylation sites (tertiary alicyclic amines) is 1. The van der Waals surface area contributed by atoms with Crippen LogP contribution in [0.1, 0.15) is 81.4 Å². The first-order valence-electron chi connectivity index (χ1n) is 14.2. The Morgan fingerprint density at radius 2 is 1.84 bits per heavy atom. The third kappa shape index (κ3) is 8.74. The van der Waals surface area contributed by atoms with Gasteiger partial charge in [0.2, 0.25) is 0 Å². The fourth-order valence-corrected chi connectivity index (χ4v) is 5.95. The number of aromatic nitrogens is 1. The molecule has 6 nitrogen and oxygen atoms in total. The van der Waals surface area contributed by atoms with Crippen molar-refractivity contribution in [2.75, 3.05) is 31.6 Å². The summed E-state index contributed by atoms with van der Waals surface area (Å²) < 4.78 is 11.4. The molecule has 1 saturated heterocycles. The largest absolute Gasteiger partial charge is 0.494 e. The zero-order valence-corrected chi connectivity index (χ0v) is 23.1. The molecule has 1 aliphatic carbocycles. The molecule has 202 valence electrons. The van der Waals surface area contributed by atoms with Gasteiger partial charge in [0.05, 0.1) is 6.61 Å². The summed E-state index contributed by atoms with van der Waals surface area (Å²) in [6.07, 6.45) is 13.3. The second-order valence-electron chi connectivity index (χ2n) is 11.3. The van der Waals surface area contributed by atoms with Crippen LogP contribution in [0.25, 0.3) is 0 Å². The predicted octanol–water partition coefficient (Wildman–Crippen LogP) is 6.45. The number of aryl methyl sites for hydroxylation is 2. The maximum atomic E-state index is 11.2. The number of benzene rings is 1. The van der Waals surface area contributed by atoms with Crippen molar-refractivity contribution in [1.29, 1.82) is 0 Å². The van der Waals surface area contributed by atoms with Gasteiger partial charge in [0, 0.05) is 32.3 Å². The van der Waals surface area contributed by atoms with Crippen molar-refractivity contribution >= 4 is 11.8 Å². The van der Waals surface area contributed by atoms with Crippen molar-refractivity contribution in [3.05, 3.63) is 53.2 Å². The normalized spacial score (nSPS) is 18.4. The summed E-state index contributed by atoms with van der Waals surface area (Å²) in [5, 5.41) is 3.63. The molecule has 1 saturated carbocycles. The lowest BCUT2D eigenvalue weighted by molar-refractivity contribution is -0.142. The van der Waals surface area contributed by atoms with Crippen molar-refractivity contribution in [1.82, 2.24) is 9.88 Å². The number of rotatable bonds is 11. The number of piperidine rings is 1. The molecular formula is C31H45N3O3. The number of nitrogens with zero attached hydrogens (tertiary/aromatic N) is 2. The van der Waals surface area contributed by atoms with Crippen LogP contribution < -0.4 is 10.1 Å². The van der Waals surface area contributed by atoms with Gasteiger partial charge in [0.15, 0.2) is 0 Å². The van der Waals surface area contributed by atoms with Gasteiger partial charge in [0.25, 0.3) is 0 Å². The first-order valence-corrected chi connectivity index (χ1v) is 14.2. The molecule has 4 rings (SSSR count). The van der Waals surface area contributed by atoms with Gasteiger partial charge in [-0.25, -0.2) is 4.98 Å². The lowest BCUT2D eigenvalue weighted by Crippen LogP contribution is -2.41. The van der Waals surface area contributed by atoms with E-state index >= 15 is 0 Å². The minimum Gasteiger partial charge on any atom is -0.494 e. The molecule has 1 aromatic carbocycles. The van der Waals surface area contributed by atoms with Crippen molar-refractivity contribution in [2.45, 2.75) is 91.2 Å². The SMILES string of the molecule is CC(=O)OCc1cc(C)cc(OCCC2(CCN3CCC(Nc4ccc(C)cn4)CC3)CCCCC2)c1. The molecule has 0 atom stereocenters. The summed E-state index contributed by atoms with van der Waals surface area (Å²) in [6.45, 7) is 10.1. The predicted molar refractivity (Wildman–Crippen MR) is 149 cm³/mol. The Balaban J connectivity index is 1.24. The van der Waals surface area contributed by atoms with Gasteiger partial charge >= 0.3 is 5.97 Å². The summed E-state index contributed by atoms with van der Waals surface area (Å²) in [7, 11) is 0. The molecule has 0 amide bonds. The molecule has 1 aromatic heterocycles. The molecule has 2 heterocycles. The third-order valence-corrected chi connectivity index (χ3v) is 8.18. The van der Waals surface area contributed by atoms with Crippen molar-refractivity contribution in [2.24, 2.45) is 5.41 Å². The van der Waals surface area contributed by atoms with E-state index in [0.29, 0.717) is 18.1 Å². The average molecular weight is 508 g/mol. The Morgan fingerprint density at radius 1 is 1.05 bits per heavy atom. The van der Waals surface area contributed by atoms with E-state index in [1.165, 1.54) is 70.4 Å². The molecule has 0 bridgehead atoms. The second kappa shape index (κ2) is 13.3. The second-order valence-corrected chi connectivity index (χ2v) is 11.3. The highest BCUT2D eigenvalue weighted by Gasteiger charge is 2.32. The number of nitrogens with one attached hydrogen (secondary N) is 1. The first kappa shape index (κ1) is 27.4. The lowest BCUT2D eigenvalue weighted by Gasteiger charge is -2.40. The molecule has 1 aliphatic heterocycles. The van der Waals surface area contributed by atoms with E-state index in [2.05, 4.69) is 53.3 Å². The van der Waals surface area contributed by atoms with E-state index in [4.69, 9.17) is 9.47 Å². The van der Waals surface area contributed by atoms with Gasteiger partial charge in [-0.15, -0.1) is 0 Å². The number of pyridine rings is 1. The molecule has 2 aromatic rings. The zero-order chi connectivity index (χ0) is 26.1. The van der Waals surface area contributed by atoms with Crippen LogP contribution in [0.5, 0.6) is 5.75 Å². The Bertz CT molecular complexity index is 993. The van der Waals surface area contributed by atoms with Gasteiger partial charge in [-0.05, 0) is 99.2 Å². The van der Waals surface area contributed by atoms with E-state index in [1.807, 2.05) is 12.3 Å². The molecule has 1 N–H and O–H groups in total. The Hall–Kier alpha value is -2.60. The number of carbonyl (C=O) groups is 1. The third-order valence-electron chi connectivity index (χ3n) is 8.18. The number of ether oxygens (including phenoxy) is 2. The van der Waals surface area contributed by atoms with Crippen LogP contribution in [0.4, 0.5) is 5.82 Å². The first-order chi connectivity index (χ1) is 17.9. The minimum absolute atomic E-state index is 0.257. The topological polar surface area (TPSA) is 63.7 Å². The maximum absolute atomic E-state index is 11.2. The van der Waals surface area contributed by atoms with Gasteiger partial charge in [-0.2, -0.15) is 0 Å². The Morgan fingerprint density at radius 3 is 2.54 bits per heavy atom. The number of anilines is 1. The molecule has 6 heteroatoms. The van der Waals surface area contributed by atoms with E-state index in [0.717, 1.165) is 48.8 Å². The Kier molecular flexibility index (Phi) is 9.84.